The van der Waals surface area contributed by atoms with Crippen LogP contribution in [0.1, 0.15) is 18.2 Å². The van der Waals surface area contributed by atoms with E-state index in [0.717, 1.165) is 30.0 Å². The summed E-state index contributed by atoms with van der Waals surface area (Å²) in [5.74, 6) is 1.00. The fourth-order valence-electron chi connectivity index (χ4n) is 2.31. The highest BCUT2D eigenvalue weighted by Crippen LogP contribution is 2.27. The zero-order valence-corrected chi connectivity index (χ0v) is 13.2. The van der Waals surface area contributed by atoms with E-state index in [1.54, 1.807) is 6.07 Å². The predicted molar refractivity (Wildman–Crippen MR) is 82.6 cm³/mol. The summed E-state index contributed by atoms with van der Waals surface area (Å²) in [5.41, 5.74) is 2.65. The van der Waals surface area contributed by atoms with Crippen LogP contribution >= 0.6 is 15.9 Å². The van der Waals surface area contributed by atoms with Crippen LogP contribution < -0.4 is 5.32 Å². The molecule has 0 amide bonds. The minimum absolute atomic E-state index is 0.317. The fourth-order valence-corrected chi connectivity index (χ4v) is 2.56. The summed E-state index contributed by atoms with van der Waals surface area (Å²) in [6.45, 7) is 3.95. The lowest BCUT2D eigenvalue weighted by Gasteiger charge is -2.20. The average molecular weight is 352 g/mol. The Hall–Kier alpha value is -1.53. The number of aromatic nitrogens is 2. The number of benzene rings is 1. The third-order valence-electron chi connectivity index (χ3n) is 3.34. The van der Waals surface area contributed by atoms with Gasteiger partial charge in [-0.1, -0.05) is 0 Å². The van der Waals surface area contributed by atoms with Gasteiger partial charge in [0, 0.05) is 24.1 Å². The van der Waals surface area contributed by atoms with Gasteiger partial charge in [0.1, 0.15) is 11.6 Å². The number of nitrogens with zero attached hydrogens (tertiary/aromatic N) is 2. The molecule has 2 heterocycles. The topological polar surface area (TPSA) is 47.0 Å². The summed E-state index contributed by atoms with van der Waals surface area (Å²) in [6, 6.07) is 4.92. The zero-order valence-electron chi connectivity index (χ0n) is 11.6. The summed E-state index contributed by atoms with van der Waals surface area (Å²) in [6.07, 6.45) is 0.752. The SMILES string of the molecule is CCNc1nc(-c2ccc(Br)c(F)c2)nc2c1COCC2. The van der Waals surface area contributed by atoms with E-state index in [2.05, 4.69) is 31.2 Å². The van der Waals surface area contributed by atoms with Gasteiger partial charge in [0.2, 0.25) is 0 Å². The first-order chi connectivity index (χ1) is 10.2. The number of hydrogen-bond acceptors (Lipinski definition) is 4. The number of rotatable bonds is 3. The first-order valence-corrected chi connectivity index (χ1v) is 7.65. The van der Waals surface area contributed by atoms with Crippen LogP contribution in [0.15, 0.2) is 22.7 Å². The Balaban J connectivity index is 2.09. The molecule has 1 aliphatic heterocycles. The highest BCUT2D eigenvalue weighted by Gasteiger charge is 2.19. The van der Waals surface area contributed by atoms with E-state index in [-0.39, 0.29) is 5.82 Å². The van der Waals surface area contributed by atoms with E-state index >= 15 is 0 Å². The van der Waals surface area contributed by atoms with Crippen molar-refractivity contribution in [1.82, 2.24) is 9.97 Å². The number of ether oxygens (including phenoxy) is 1. The van der Waals surface area contributed by atoms with Crippen molar-refractivity contribution in [3.63, 3.8) is 0 Å². The maximum absolute atomic E-state index is 13.7. The molecule has 0 saturated carbocycles. The smallest absolute Gasteiger partial charge is 0.161 e. The van der Waals surface area contributed by atoms with E-state index in [1.165, 1.54) is 6.07 Å². The molecule has 1 aromatic carbocycles. The Morgan fingerprint density at radius 3 is 3.00 bits per heavy atom. The van der Waals surface area contributed by atoms with Crippen molar-refractivity contribution >= 4 is 21.7 Å². The van der Waals surface area contributed by atoms with Crippen LogP contribution in [0.5, 0.6) is 0 Å². The van der Waals surface area contributed by atoms with Gasteiger partial charge < -0.3 is 10.1 Å². The molecule has 1 aromatic heterocycles. The number of nitrogens with one attached hydrogen (secondary N) is 1. The van der Waals surface area contributed by atoms with Crippen molar-refractivity contribution in [2.24, 2.45) is 0 Å². The number of fused-ring (bicyclic) bond motifs is 1. The Morgan fingerprint density at radius 2 is 2.24 bits per heavy atom. The second kappa shape index (κ2) is 6.07. The van der Waals surface area contributed by atoms with Crippen molar-refractivity contribution in [1.29, 1.82) is 0 Å². The molecule has 0 bridgehead atoms. The Bertz CT molecular complexity index is 678. The summed E-state index contributed by atoms with van der Waals surface area (Å²) in [4.78, 5) is 9.12. The van der Waals surface area contributed by atoms with Gasteiger partial charge in [-0.25, -0.2) is 14.4 Å². The molecular formula is C15H15BrFN3O. The molecule has 1 aliphatic rings. The van der Waals surface area contributed by atoms with Crippen LogP contribution in [0.4, 0.5) is 10.2 Å². The molecule has 0 aliphatic carbocycles. The van der Waals surface area contributed by atoms with Crippen molar-refractivity contribution in [2.45, 2.75) is 20.0 Å². The lowest BCUT2D eigenvalue weighted by Crippen LogP contribution is -2.17. The van der Waals surface area contributed by atoms with E-state index < -0.39 is 0 Å². The maximum atomic E-state index is 13.7. The zero-order chi connectivity index (χ0) is 14.8. The molecule has 0 saturated heterocycles. The molecule has 3 rings (SSSR count). The molecular weight excluding hydrogens is 337 g/mol. The number of halogens is 2. The monoisotopic (exact) mass is 351 g/mol. The number of hydrogen-bond donors (Lipinski definition) is 1. The van der Waals surface area contributed by atoms with Crippen molar-refractivity contribution in [3.8, 4) is 11.4 Å². The molecule has 1 N–H and O–H groups in total. The lowest BCUT2D eigenvalue weighted by molar-refractivity contribution is 0.109. The van der Waals surface area contributed by atoms with Crippen molar-refractivity contribution in [3.05, 3.63) is 39.7 Å². The van der Waals surface area contributed by atoms with Gasteiger partial charge in [-0.2, -0.15) is 0 Å². The minimum atomic E-state index is -0.317. The second-order valence-electron chi connectivity index (χ2n) is 4.78. The van der Waals surface area contributed by atoms with Gasteiger partial charge in [0.15, 0.2) is 5.82 Å². The minimum Gasteiger partial charge on any atom is -0.376 e. The van der Waals surface area contributed by atoms with Gasteiger partial charge in [-0.15, -0.1) is 0 Å². The first kappa shape index (κ1) is 14.4. The predicted octanol–water partition coefficient (Wildman–Crippen LogP) is 3.55. The molecule has 0 unspecified atom stereocenters. The molecule has 2 aromatic rings. The van der Waals surface area contributed by atoms with Crippen LogP contribution in [0.25, 0.3) is 11.4 Å². The molecule has 21 heavy (non-hydrogen) atoms. The quantitative estimate of drug-likeness (QED) is 0.918. The van der Waals surface area contributed by atoms with Crippen LogP contribution in [-0.4, -0.2) is 23.1 Å². The van der Waals surface area contributed by atoms with Gasteiger partial charge in [-0.3, -0.25) is 0 Å². The fraction of sp³-hybridized carbons (Fsp3) is 0.333. The van der Waals surface area contributed by atoms with E-state index in [0.29, 0.717) is 29.1 Å². The third-order valence-corrected chi connectivity index (χ3v) is 3.99. The molecule has 4 nitrogen and oxygen atoms in total. The lowest BCUT2D eigenvalue weighted by atomic mass is 10.1. The van der Waals surface area contributed by atoms with Crippen LogP contribution in [-0.2, 0) is 17.8 Å². The third kappa shape index (κ3) is 2.91. The van der Waals surface area contributed by atoms with Crippen LogP contribution in [0.3, 0.4) is 0 Å². The normalized spacial score (nSPS) is 13.9. The molecule has 6 heteroatoms. The van der Waals surface area contributed by atoms with Crippen LogP contribution in [0, 0.1) is 5.82 Å². The Labute approximate surface area is 130 Å². The molecule has 0 radical (unpaired) electrons. The summed E-state index contributed by atoms with van der Waals surface area (Å²) >= 11 is 3.16. The standard InChI is InChI=1S/C15H15BrFN3O/c1-2-18-15-10-8-21-6-5-13(10)19-14(20-15)9-3-4-11(16)12(17)7-9/h3-4,7H,2,5-6,8H2,1H3,(H,18,19,20). The largest absolute Gasteiger partial charge is 0.376 e. The summed E-state index contributed by atoms with van der Waals surface area (Å²) < 4.78 is 19.6. The summed E-state index contributed by atoms with van der Waals surface area (Å²) in [5, 5.41) is 3.24. The Morgan fingerprint density at radius 1 is 1.38 bits per heavy atom. The molecule has 0 fully saturated rings. The van der Waals surface area contributed by atoms with Gasteiger partial charge in [0.25, 0.3) is 0 Å². The van der Waals surface area contributed by atoms with E-state index in [1.807, 2.05) is 13.0 Å². The second-order valence-corrected chi connectivity index (χ2v) is 5.64. The number of anilines is 1. The maximum Gasteiger partial charge on any atom is 0.161 e. The summed E-state index contributed by atoms with van der Waals surface area (Å²) in [7, 11) is 0. The van der Waals surface area contributed by atoms with Crippen molar-refractivity contribution < 1.29 is 9.13 Å². The van der Waals surface area contributed by atoms with Gasteiger partial charge in [0.05, 0.1) is 23.4 Å². The molecule has 110 valence electrons. The van der Waals surface area contributed by atoms with Gasteiger partial charge in [-0.05, 0) is 41.1 Å². The highest BCUT2D eigenvalue weighted by atomic mass is 79.9. The first-order valence-electron chi connectivity index (χ1n) is 6.86. The van der Waals surface area contributed by atoms with Gasteiger partial charge >= 0.3 is 0 Å². The molecule has 0 spiro atoms. The molecule has 0 atom stereocenters. The van der Waals surface area contributed by atoms with E-state index in [4.69, 9.17) is 4.74 Å². The highest BCUT2D eigenvalue weighted by molar-refractivity contribution is 9.10. The van der Waals surface area contributed by atoms with Crippen LogP contribution in [0.2, 0.25) is 0 Å². The van der Waals surface area contributed by atoms with Crippen molar-refractivity contribution in [2.75, 3.05) is 18.5 Å². The Kier molecular flexibility index (Phi) is 4.17. The average Bonchev–Trinajstić information content (AvgIpc) is 2.50. The van der Waals surface area contributed by atoms with E-state index in [9.17, 15) is 4.39 Å².